The minimum Gasteiger partial charge on any atom is -0.486 e. The Kier molecular flexibility index (Phi) is 3.24. The third kappa shape index (κ3) is 2.37. The summed E-state index contributed by atoms with van der Waals surface area (Å²) in [5.74, 6) is 1.76. The molecule has 2 aliphatic rings. The average Bonchev–Trinajstić information content (AvgIpc) is 2.53. The number of halogens is 1. The van der Waals surface area contributed by atoms with Gasteiger partial charge in [0.25, 0.3) is 0 Å². The number of fused-ring (bicyclic) bond motifs is 2. The lowest BCUT2D eigenvalue weighted by Crippen LogP contribution is -2.87. The fraction of sp³-hybridized carbons (Fsp3) is 0.294. The van der Waals surface area contributed by atoms with Crippen LogP contribution < -0.4 is 14.8 Å². The molecule has 4 rings (SSSR count). The maximum atomic E-state index is 6.00. The van der Waals surface area contributed by atoms with Crippen LogP contribution in [0.5, 0.6) is 11.5 Å². The molecule has 2 N–H and O–H groups in total. The number of hydrogen-bond donors (Lipinski definition) is 1. The smallest absolute Gasteiger partial charge is 0.161 e. The Balaban J connectivity index is 1.78. The molecule has 0 amide bonds. The Morgan fingerprint density at radius 1 is 1.00 bits per heavy atom. The maximum Gasteiger partial charge on any atom is 0.161 e. The van der Waals surface area contributed by atoms with E-state index in [0.717, 1.165) is 29.5 Å². The van der Waals surface area contributed by atoms with E-state index in [4.69, 9.17) is 21.1 Å². The number of ether oxygens (including phenoxy) is 2. The normalized spacial score (nSPS) is 20.0. The highest BCUT2D eigenvalue weighted by Crippen LogP contribution is 2.37. The number of quaternary nitrogens is 1. The number of hydrogen-bond acceptors (Lipinski definition) is 2. The third-order valence-corrected chi connectivity index (χ3v) is 4.44. The predicted octanol–water partition coefficient (Wildman–Crippen LogP) is 2.32. The third-order valence-electron chi connectivity index (χ3n) is 4.18. The molecule has 0 aliphatic carbocycles. The van der Waals surface area contributed by atoms with Gasteiger partial charge in [0, 0.05) is 22.6 Å². The molecule has 21 heavy (non-hydrogen) atoms. The zero-order valence-corrected chi connectivity index (χ0v) is 12.4. The van der Waals surface area contributed by atoms with Crippen molar-refractivity contribution in [3.63, 3.8) is 0 Å². The van der Waals surface area contributed by atoms with Crippen molar-refractivity contribution in [1.29, 1.82) is 0 Å². The van der Waals surface area contributed by atoms with E-state index in [1.165, 1.54) is 16.7 Å². The highest BCUT2D eigenvalue weighted by atomic mass is 35.5. The second kappa shape index (κ2) is 5.24. The van der Waals surface area contributed by atoms with Crippen LogP contribution in [0.2, 0.25) is 5.02 Å². The zero-order chi connectivity index (χ0) is 14.2. The van der Waals surface area contributed by atoms with E-state index in [1.807, 2.05) is 12.1 Å². The van der Waals surface area contributed by atoms with Gasteiger partial charge in [-0.2, -0.15) is 0 Å². The molecule has 0 fully saturated rings. The van der Waals surface area contributed by atoms with Crippen molar-refractivity contribution in [3.8, 4) is 11.5 Å². The molecule has 2 aliphatic heterocycles. The second-order valence-corrected chi connectivity index (χ2v) is 5.93. The maximum absolute atomic E-state index is 6.00. The van der Waals surface area contributed by atoms with Gasteiger partial charge < -0.3 is 14.8 Å². The van der Waals surface area contributed by atoms with Gasteiger partial charge in [-0.25, -0.2) is 0 Å². The van der Waals surface area contributed by atoms with Gasteiger partial charge in [-0.1, -0.05) is 23.7 Å². The Labute approximate surface area is 128 Å². The van der Waals surface area contributed by atoms with Gasteiger partial charge in [0.1, 0.15) is 19.3 Å². The summed E-state index contributed by atoms with van der Waals surface area (Å²) in [5.41, 5.74) is 3.96. The van der Waals surface area contributed by atoms with E-state index in [9.17, 15) is 0 Å². The molecule has 0 saturated carbocycles. The highest BCUT2D eigenvalue weighted by molar-refractivity contribution is 6.30. The zero-order valence-electron chi connectivity index (χ0n) is 11.6. The van der Waals surface area contributed by atoms with E-state index < -0.39 is 0 Å². The van der Waals surface area contributed by atoms with E-state index >= 15 is 0 Å². The fourth-order valence-corrected chi connectivity index (χ4v) is 3.30. The van der Waals surface area contributed by atoms with Crippen LogP contribution in [0, 0.1) is 0 Å². The van der Waals surface area contributed by atoms with Crippen molar-refractivity contribution in [1.82, 2.24) is 0 Å². The number of benzene rings is 2. The van der Waals surface area contributed by atoms with Crippen molar-refractivity contribution in [2.45, 2.75) is 12.5 Å². The molecule has 0 saturated heterocycles. The molecule has 4 heteroatoms. The van der Waals surface area contributed by atoms with Crippen LogP contribution in [0.15, 0.2) is 36.4 Å². The van der Waals surface area contributed by atoms with Crippen molar-refractivity contribution in [2.24, 2.45) is 0 Å². The largest absolute Gasteiger partial charge is 0.486 e. The van der Waals surface area contributed by atoms with Crippen LogP contribution in [0.1, 0.15) is 22.7 Å². The van der Waals surface area contributed by atoms with Gasteiger partial charge in [-0.15, -0.1) is 0 Å². The summed E-state index contributed by atoms with van der Waals surface area (Å²) in [7, 11) is 0. The van der Waals surface area contributed by atoms with Gasteiger partial charge in [0.05, 0.1) is 6.54 Å². The molecule has 3 nitrogen and oxygen atoms in total. The first kappa shape index (κ1) is 13.0. The summed E-state index contributed by atoms with van der Waals surface area (Å²) in [6, 6.07) is 12.7. The summed E-state index contributed by atoms with van der Waals surface area (Å²) in [4.78, 5) is 0. The first-order valence-corrected chi connectivity index (χ1v) is 7.70. The van der Waals surface area contributed by atoms with Crippen LogP contribution >= 0.6 is 11.6 Å². The Morgan fingerprint density at radius 3 is 2.48 bits per heavy atom. The molecule has 1 atom stereocenters. The topological polar surface area (TPSA) is 35.1 Å². The van der Waals surface area contributed by atoms with Gasteiger partial charge in [-0.05, 0) is 29.8 Å². The summed E-state index contributed by atoms with van der Waals surface area (Å²) >= 11 is 6.00. The van der Waals surface area contributed by atoms with Gasteiger partial charge in [-0.3, -0.25) is 0 Å². The van der Waals surface area contributed by atoms with Crippen molar-refractivity contribution >= 4 is 11.6 Å². The van der Waals surface area contributed by atoms with Crippen molar-refractivity contribution < 1.29 is 14.8 Å². The molecular weight excluding hydrogens is 286 g/mol. The molecule has 2 heterocycles. The molecule has 0 spiro atoms. The second-order valence-electron chi connectivity index (χ2n) is 5.50. The molecule has 0 radical (unpaired) electrons. The molecule has 2 aromatic carbocycles. The van der Waals surface area contributed by atoms with Crippen molar-refractivity contribution in [3.05, 3.63) is 58.1 Å². The lowest BCUT2D eigenvalue weighted by atomic mass is 9.89. The Bertz CT molecular complexity index is 669. The van der Waals surface area contributed by atoms with Crippen LogP contribution in [0.3, 0.4) is 0 Å². The molecule has 2 aromatic rings. The minimum atomic E-state index is 0.307. The van der Waals surface area contributed by atoms with E-state index in [-0.39, 0.29) is 0 Å². The molecular formula is C17H17ClNO2+. The standard InChI is InChI=1S/C17H16ClNO2/c18-13-3-1-11(2-4-13)17-14-10-16-15(20-7-8-21-16)9-12(14)5-6-19-17/h1-4,9-10,17,19H,5-8H2/p+1/t17-/m1/s1. The molecule has 108 valence electrons. The lowest BCUT2D eigenvalue weighted by molar-refractivity contribution is -0.690. The summed E-state index contributed by atoms with van der Waals surface area (Å²) in [5, 5.41) is 3.15. The molecule has 0 aromatic heterocycles. The quantitative estimate of drug-likeness (QED) is 0.877. The molecule has 0 bridgehead atoms. The summed E-state index contributed by atoms with van der Waals surface area (Å²) in [6.45, 7) is 2.35. The van der Waals surface area contributed by atoms with Gasteiger partial charge in [0.2, 0.25) is 0 Å². The van der Waals surface area contributed by atoms with Gasteiger partial charge in [0.15, 0.2) is 11.5 Å². The predicted molar refractivity (Wildman–Crippen MR) is 81.2 cm³/mol. The minimum absolute atomic E-state index is 0.307. The van der Waals surface area contributed by atoms with E-state index in [1.54, 1.807) is 0 Å². The highest BCUT2D eigenvalue weighted by Gasteiger charge is 2.28. The SMILES string of the molecule is Clc1ccc([C@H]2[NH2+]CCc3cc4c(cc32)OCCO4)cc1. The van der Waals surface area contributed by atoms with Crippen LogP contribution in [-0.2, 0) is 6.42 Å². The first-order valence-electron chi connectivity index (χ1n) is 7.32. The van der Waals surface area contributed by atoms with E-state index in [2.05, 4.69) is 29.6 Å². The summed E-state index contributed by atoms with van der Waals surface area (Å²) < 4.78 is 11.4. The van der Waals surface area contributed by atoms with Crippen LogP contribution in [-0.4, -0.2) is 19.8 Å². The lowest BCUT2D eigenvalue weighted by Gasteiger charge is -2.27. The van der Waals surface area contributed by atoms with Crippen LogP contribution in [0.4, 0.5) is 0 Å². The Morgan fingerprint density at radius 2 is 1.71 bits per heavy atom. The monoisotopic (exact) mass is 302 g/mol. The summed E-state index contributed by atoms with van der Waals surface area (Å²) in [6.07, 6.45) is 1.07. The Hall–Kier alpha value is -1.71. The van der Waals surface area contributed by atoms with Crippen molar-refractivity contribution in [2.75, 3.05) is 19.8 Å². The number of nitrogens with two attached hydrogens (primary N) is 1. The van der Waals surface area contributed by atoms with Gasteiger partial charge >= 0.3 is 0 Å². The average molecular weight is 303 g/mol. The molecule has 0 unspecified atom stereocenters. The first-order chi connectivity index (χ1) is 10.3. The fourth-order valence-electron chi connectivity index (χ4n) is 3.17. The number of rotatable bonds is 1. The van der Waals surface area contributed by atoms with E-state index in [0.29, 0.717) is 19.3 Å². The van der Waals surface area contributed by atoms with Crippen LogP contribution in [0.25, 0.3) is 0 Å².